The van der Waals surface area contributed by atoms with E-state index >= 15 is 0 Å². The summed E-state index contributed by atoms with van der Waals surface area (Å²) in [6, 6.07) is 40.7. The molecule has 2 aliphatic heterocycles. The second-order valence-electron chi connectivity index (χ2n) is 14.2. The minimum absolute atomic E-state index is 0. The number of hydrogen-bond acceptors (Lipinski definition) is 3. The first-order chi connectivity index (χ1) is 30.6. The van der Waals surface area contributed by atoms with Gasteiger partial charge < -0.3 is 9.32 Å². The molecule has 0 N–H and O–H groups in total. The van der Waals surface area contributed by atoms with E-state index < -0.39 is 0 Å². The Morgan fingerprint density at radius 1 is 0.810 bits per heavy atom. The van der Waals surface area contributed by atoms with Crippen molar-refractivity contribution in [3.63, 3.8) is 0 Å². The van der Waals surface area contributed by atoms with Crippen molar-refractivity contribution in [3.05, 3.63) is 253 Å². The van der Waals surface area contributed by atoms with Gasteiger partial charge in [-0.25, -0.2) is 6.08 Å². The molecule has 3 heterocycles. The van der Waals surface area contributed by atoms with Crippen LogP contribution in [-0.2, 0) is 0 Å². The summed E-state index contributed by atoms with van der Waals surface area (Å²) in [7, 11) is 0. The molecule has 0 aliphatic carbocycles. The molecule has 0 radical (unpaired) electrons. The molecule has 6 aromatic rings. The zero-order valence-electron chi connectivity index (χ0n) is 36.2. The van der Waals surface area contributed by atoms with Crippen molar-refractivity contribution < 1.29 is 55.8 Å². The SMILES string of the molecule is C=CC=[C-]/C=C\N(c1ccc(-c2ccc3c(c2)-c2ccccc2[N+]3=C/C=C\C=C/C)cc1)c1cccc(/C(=C/C)c2oc3ccccc3c2C=C)c1.[CH-]=C/C1=C/S/C=C\C=C/C1.[K+]. The summed E-state index contributed by atoms with van der Waals surface area (Å²) < 4.78 is 8.67. The van der Waals surface area contributed by atoms with E-state index in [-0.39, 0.29) is 51.4 Å². The van der Waals surface area contributed by atoms with E-state index in [9.17, 15) is 0 Å². The minimum Gasteiger partial charge on any atom is -0.455 e. The van der Waals surface area contributed by atoms with E-state index in [0.717, 1.165) is 56.8 Å². The third-order valence-corrected chi connectivity index (χ3v) is 11.1. The van der Waals surface area contributed by atoms with Crippen LogP contribution in [-0.4, -0.2) is 6.21 Å². The molecule has 0 fully saturated rings. The third kappa shape index (κ3) is 11.3. The van der Waals surface area contributed by atoms with Gasteiger partial charge in [-0.05, 0) is 84.5 Å². The summed E-state index contributed by atoms with van der Waals surface area (Å²) in [5, 5.41) is 5.14. The monoisotopic (exact) mass is 860 g/mol. The number of hydrogen-bond donors (Lipinski definition) is 0. The quantitative estimate of drug-likeness (QED) is 0.0528. The number of rotatable bonds is 12. The second kappa shape index (κ2) is 23.6. The van der Waals surface area contributed by atoms with Crippen molar-refractivity contribution >= 4 is 63.3 Å². The van der Waals surface area contributed by atoms with Crippen molar-refractivity contribution in [2.45, 2.75) is 20.3 Å². The van der Waals surface area contributed by atoms with E-state index in [0.29, 0.717) is 0 Å². The van der Waals surface area contributed by atoms with Gasteiger partial charge in [0.15, 0.2) is 6.21 Å². The number of fused-ring (bicyclic) bond motifs is 4. The van der Waals surface area contributed by atoms with Crippen LogP contribution >= 0.6 is 11.8 Å². The van der Waals surface area contributed by atoms with Gasteiger partial charge in [0.05, 0.1) is 11.1 Å². The molecule has 3 nitrogen and oxygen atoms in total. The fourth-order valence-electron chi connectivity index (χ4n) is 7.41. The summed E-state index contributed by atoms with van der Waals surface area (Å²) >= 11 is 1.66. The Morgan fingerprint density at radius 3 is 2.40 bits per heavy atom. The second-order valence-corrected chi connectivity index (χ2v) is 15.0. The Labute approximate surface area is 420 Å². The van der Waals surface area contributed by atoms with Crippen molar-refractivity contribution in [2.24, 2.45) is 0 Å². The molecular formula is C58H49KN2OS. The van der Waals surface area contributed by atoms with Crippen LogP contribution in [0.25, 0.3) is 44.9 Å². The van der Waals surface area contributed by atoms with E-state index in [1.54, 1.807) is 30.0 Å². The van der Waals surface area contributed by atoms with Crippen LogP contribution in [0.15, 0.2) is 228 Å². The first kappa shape index (κ1) is 46.7. The van der Waals surface area contributed by atoms with Crippen LogP contribution in [0.2, 0.25) is 0 Å². The van der Waals surface area contributed by atoms with E-state index in [1.807, 2.05) is 80.1 Å². The molecule has 304 valence electrons. The molecule has 0 bridgehead atoms. The third-order valence-electron chi connectivity index (χ3n) is 10.4. The van der Waals surface area contributed by atoms with Crippen LogP contribution in [0.4, 0.5) is 22.7 Å². The molecule has 0 unspecified atom stereocenters. The number of para-hydroxylation sites is 2. The van der Waals surface area contributed by atoms with Crippen molar-refractivity contribution in [1.29, 1.82) is 0 Å². The van der Waals surface area contributed by atoms with E-state index in [4.69, 9.17) is 11.0 Å². The van der Waals surface area contributed by atoms with Crippen LogP contribution < -0.4 is 60.9 Å². The molecule has 63 heavy (non-hydrogen) atoms. The summed E-state index contributed by atoms with van der Waals surface area (Å²) in [6.07, 6.45) is 33.7. The van der Waals surface area contributed by atoms with Crippen LogP contribution in [0.3, 0.4) is 0 Å². The summed E-state index contributed by atoms with van der Waals surface area (Å²) in [5.74, 6) is 0.813. The van der Waals surface area contributed by atoms with E-state index in [1.165, 1.54) is 33.6 Å². The maximum absolute atomic E-state index is 6.41. The number of thioether (sulfide) groups is 1. The molecule has 2 aliphatic rings. The molecule has 5 heteroatoms. The standard InChI is InChI=1S/C49H40N2O.C9H9S.K/c1-5-9-11-17-32-50(40-21-19-20-38(34-40)41(7-3)49-42(8-4)44-23-14-16-25-48(44)52-49)39-29-26-36(27-30-39)37-28-31-47-45(35-37)43-22-13-15-24-46(43)51(47)33-18-12-10-6-2;1-2-9-6-4-3-5-7-10-8-9;/h5-10,12-35H,1,4H2,2-3H3;1-5,7-8H,6H2;/q;-1;+1/b10-6-,18-12-,32-17-,41-7-,51-33?;4-3-,7-5-,9-8-;. The first-order valence-electron chi connectivity index (χ1n) is 20.6. The summed E-state index contributed by atoms with van der Waals surface area (Å²) in [6.45, 7) is 17.3. The zero-order valence-corrected chi connectivity index (χ0v) is 40.1. The molecule has 0 amide bonds. The Kier molecular flexibility index (Phi) is 17.5. The fraction of sp³-hybridized carbons (Fsp3) is 0.0517. The predicted molar refractivity (Wildman–Crippen MR) is 271 cm³/mol. The molecule has 0 saturated heterocycles. The van der Waals surface area contributed by atoms with Gasteiger partial charge in [0.1, 0.15) is 11.3 Å². The number of nitrogens with zero attached hydrogens (tertiary/aromatic N) is 2. The number of benzene rings is 5. The molecule has 0 spiro atoms. The Bertz CT molecular complexity index is 2870. The average molecular weight is 861 g/mol. The largest absolute Gasteiger partial charge is 1.00 e. The predicted octanol–water partition coefficient (Wildman–Crippen LogP) is 13.5. The van der Waals surface area contributed by atoms with Gasteiger partial charge in [-0.2, -0.15) is 41.0 Å². The number of allylic oxidation sites excluding steroid dienone is 14. The Balaban J connectivity index is 0.000000531. The maximum atomic E-state index is 6.41. The minimum atomic E-state index is 0. The van der Waals surface area contributed by atoms with Crippen LogP contribution in [0, 0.1) is 12.7 Å². The van der Waals surface area contributed by atoms with Crippen molar-refractivity contribution in [2.75, 3.05) is 4.90 Å². The van der Waals surface area contributed by atoms with Crippen molar-refractivity contribution in [3.8, 4) is 22.3 Å². The van der Waals surface area contributed by atoms with Crippen LogP contribution in [0.1, 0.15) is 37.2 Å². The number of anilines is 2. The van der Waals surface area contributed by atoms with Gasteiger partial charge in [0.2, 0.25) is 11.4 Å². The Morgan fingerprint density at radius 2 is 1.60 bits per heavy atom. The molecule has 0 atom stereocenters. The molecule has 5 aromatic carbocycles. The molecular weight excluding hydrogens is 812 g/mol. The van der Waals surface area contributed by atoms with Gasteiger partial charge in [0, 0.05) is 46.1 Å². The molecule has 0 saturated carbocycles. The number of furan rings is 1. The zero-order chi connectivity index (χ0) is 43.1. The van der Waals surface area contributed by atoms with Gasteiger partial charge in [-0.15, -0.1) is 17.2 Å². The topological polar surface area (TPSA) is 19.4 Å². The van der Waals surface area contributed by atoms with Gasteiger partial charge in [-0.3, -0.25) is 6.58 Å². The smallest absolute Gasteiger partial charge is 0.455 e. The van der Waals surface area contributed by atoms with Crippen molar-refractivity contribution in [1.82, 2.24) is 4.58 Å². The van der Waals surface area contributed by atoms with Gasteiger partial charge in [-0.1, -0.05) is 122 Å². The summed E-state index contributed by atoms with van der Waals surface area (Å²) in [5.41, 5.74) is 14.2. The molecule has 1 aromatic heterocycles. The van der Waals surface area contributed by atoms with Crippen LogP contribution in [0.5, 0.6) is 0 Å². The maximum Gasteiger partial charge on any atom is 1.00 e. The van der Waals surface area contributed by atoms with E-state index in [2.05, 4.69) is 162 Å². The summed E-state index contributed by atoms with van der Waals surface area (Å²) in [4.78, 5) is 2.17. The first-order valence-corrected chi connectivity index (χ1v) is 21.6. The normalized spacial score (nSPS) is 15.8. The van der Waals surface area contributed by atoms with Gasteiger partial charge in [0.25, 0.3) is 0 Å². The Hall–Kier alpha value is -5.76. The van der Waals surface area contributed by atoms with Gasteiger partial charge >= 0.3 is 51.4 Å². The average Bonchev–Trinajstić information content (AvgIpc) is 3.83. The molecule has 8 rings (SSSR count). The fourth-order valence-corrected chi connectivity index (χ4v) is 8.02.